The van der Waals surface area contributed by atoms with E-state index in [-0.39, 0.29) is 12.0 Å². The number of rotatable bonds is 6. The van der Waals surface area contributed by atoms with E-state index in [0.717, 1.165) is 32.7 Å². The van der Waals surface area contributed by atoms with Crippen molar-refractivity contribution in [2.45, 2.75) is 25.8 Å². The molecule has 0 amide bonds. The molecule has 1 aliphatic heterocycles. The molecule has 20 heavy (non-hydrogen) atoms. The minimum absolute atomic E-state index is 0.111. The van der Waals surface area contributed by atoms with Crippen LogP contribution in [0.25, 0.3) is 0 Å². The molecule has 1 fully saturated rings. The van der Waals surface area contributed by atoms with Gasteiger partial charge in [0.15, 0.2) is 0 Å². The first kappa shape index (κ1) is 15.0. The summed E-state index contributed by atoms with van der Waals surface area (Å²) in [6.45, 7) is 5.55. The normalized spacial score (nSPS) is 17.6. The van der Waals surface area contributed by atoms with Gasteiger partial charge in [0.25, 0.3) is 0 Å². The standard InChI is InChI=1S/C16H23NO3/c1-2-20-16(18)13-15(17-8-10-19-11-9-17)12-14-6-4-3-5-7-14/h3-7,15H,2,8-13H2,1H3. The van der Waals surface area contributed by atoms with E-state index in [4.69, 9.17) is 9.47 Å². The first-order valence-electron chi connectivity index (χ1n) is 7.31. The predicted octanol–water partition coefficient (Wildman–Crippen LogP) is 1.88. The Morgan fingerprint density at radius 2 is 2.00 bits per heavy atom. The van der Waals surface area contributed by atoms with Gasteiger partial charge in [-0.3, -0.25) is 9.69 Å². The molecule has 0 N–H and O–H groups in total. The molecule has 4 heteroatoms. The zero-order valence-electron chi connectivity index (χ0n) is 12.1. The van der Waals surface area contributed by atoms with Crippen molar-refractivity contribution in [1.29, 1.82) is 0 Å². The quantitative estimate of drug-likeness (QED) is 0.744. The van der Waals surface area contributed by atoms with E-state index in [1.165, 1.54) is 5.56 Å². The van der Waals surface area contributed by atoms with Crippen LogP contribution >= 0.6 is 0 Å². The van der Waals surface area contributed by atoms with Crippen molar-refractivity contribution in [3.05, 3.63) is 35.9 Å². The number of carbonyl (C=O) groups excluding carboxylic acids is 1. The van der Waals surface area contributed by atoms with Gasteiger partial charge in [0.1, 0.15) is 0 Å². The molecule has 1 unspecified atom stereocenters. The Labute approximate surface area is 120 Å². The Bertz CT molecular complexity index is 401. The van der Waals surface area contributed by atoms with Crippen LogP contribution in [0.4, 0.5) is 0 Å². The first-order valence-corrected chi connectivity index (χ1v) is 7.31. The van der Waals surface area contributed by atoms with Gasteiger partial charge in [-0.25, -0.2) is 0 Å². The molecule has 4 nitrogen and oxygen atoms in total. The smallest absolute Gasteiger partial charge is 0.307 e. The molecule has 1 aromatic rings. The van der Waals surface area contributed by atoms with Crippen LogP contribution in [0.1, 0.15) is 18.9 Å². The van der Waals surface area contributed by atoms with Gasteiger partial charge in [-0.05, 0) is 18.9 Å². The summed E-state index contributed by atoms with van der Waals surface area (Å²) in [7, 11) is 0. The van der Waals surface area contributed by atoms with E-state index in [1.807, 2.05) is 25.1 Å². The predicted molar refractivity (Wildman–Crippen MR) is 77.6 cm³/mol. The Kier molecular flexibility index (Phi) is 6.02. The summed E-state index contributed by atoms with van der Waals surface area (Å²) in [5.74, 6) is -0.111. The van der Waals surface area contributed by atoms with Crippen LogP contribution in [0.3, 0.4) is 0 Å². The topological polar surface area (TPSA) is 38.8 Å². The third kappa shape index (κ3) is 4.62. The lowest BCUT2D eigenvalue weighted by molar-refractivity contribution is -0.145. The van der Waals surface area contributed by atoms with Gasteiger partial charge in [-0.15, -0.1) is 0 Å². The molecule has 1 aliphatic rings. The van der Waals surface area contributed by atoms with Crippen molar-refractivity contribution in [2.24, 2.45) is 0 Å². The second-order valence-electron chi connectivity index (χ2n) is 5.00. The number of nitrogens with zero attached hydrogens (tertiary/aromatic N) is 1. The number of esters is 1. The Morgan fingerprint density at radius 3 is 2.65 bits per heavy atom. The van der Waals surface area contributed by atoms with Crippen molar-refractivity contribution in [3.8, 4) is 0 Å². The number of benzene rings is 1. The van der Waals surface area contributed by atoms with Gasteiger partial charge >= 0.3 is 5.97 Å². The Hall–Kier alpha value is -1.39. The van der Waals surface area contributed by atoms with Crippen molar-refractivity contribution in [2.75, 3.05) is 32.9 Å². The van der Waals surface area contributed by atoms with Crippen molar-refractivity contribution >= 4 is 5.97 Å². The van der Waals surface area contributed by atoms with Crippen LogP contribution in [-0.4, -0.2) is 49.8 Å². The van der Waals surface area contributed by atoms with E-state index in [2.05, 4.69) is 17.0 Å². The second kappa shape index (κ2) is 8.02. The summed E-state index contributed by atoms with van der Waals surface area (Å²) in [6, 6.07) is 10.5. The number of hydrogen-bond donors (Lipinski definition) is 0. The maximum Gasteiger partial charge on any atom is 0.307 e. The van der Waals surface area contributed by atoms with E-state index >= 15 is 0 Å². The largest absolute Gasteiger partial charge is 0.466 e. The van der Waals surface area contributed by atoms with Gasteiger partial charge in [-0.1, -0.05) is 30.3 Å². The molecule has 0 bridgehead atoms. The van der Waals surface area contributed by atoms with Gasteiger partial charge in [0, 0.05) is 19.1 Å². The number of carbonyl (C=O) groups is 1. The fraction of sp³-hybridized carbons (Fsp3) is 0.562. The van der Waals surface area contributed by atoms with Gasteiger partial charge in [0.05, 0.1) is 26.2 Å². The maximum atomic E-state index is 11.8. The average Bonchev–Trinajstić information content (AvgIpc) is 2.49. The summed E-state index contributed by atoms with van der Waals surface area (Å²) in [5, 5.41) is 0. The third-order valence-electron chi connectivity index (χ3n) is 3.58. The summed E-state index contributed by atoms with van der Waals surface area (Å²) < 4.78 is 10.5. The molecule has 1 aromatic carbocycles. The minimum Gasteiger partial charge on any atom is -0.466 e. The van der Waals surface area contributed by atoms with Crippen molar-refractivity contribution in [1.82, 2.24) is 4.90 Å². The molecule has 1 atom stereocenters. The zero-order valence-corrected chi connectivity index (χ0v) is 12.1. The highest BCUT2D eigenvalue weighted by Gasteiger charge is 2.24. The molecule has 0 saturated carbocycles. The van der Waals surface area contributed by atoms with E-state index < -0.39 is 0 Å². The van der Waals surface area contributed by atoms with E-state index in [0.29, 0.717) is 13.0 Å². The Morgan fingerprint density at radius 1 is 1.30 bits per heavy atom. The lowest BCUT2D eigenvalue weighted by atomic mass is 10.0. The molecule has 2 rings (SSSR count). The monoisotopic (exact) mass is 277 g/mol. The molecule has 1 heterocycles. The highest BCUT2D eigenvalue weighted by atomic mass is 16.5. The summed E-state index contributed by atoms with van der Waals surface area (Å²) in [4.78, 5) is 14.1. The summed E-state index contributed by atoms with van der Waals surface area (Å²) in [5.41, 5.74) is 1.26. The highest BCUT2D eigenvalue weighted by molar-refractivity contribution is 5.70. The average molecular weight is 277 g/mol. The van der Waals surface area contributed by atoms with Crippen LogP contribution in [-0.2, 0) is 20.7 Å². The summed E-state index contributed by atoms with van der Waals surface area (Å²) in [6.07, 6.45) is 1.32. The van der Waals surface area contributed by atoms with Crippen molar-refractivity contribution in [3.63, 3.8) is 0 Å². The first-order chi connectivity index (χ1) is 9.79. The molecular formula is C16H23NO3. The van der Waals surface area contributed by atoms with Crippen LogP contribution < -0.4 is 0 Å². The molecule has 0 aromatic heterocycles. The molecule has 110 valence electrons. The zero-order chi connectivity index (χ0) is 14.2. The Balaban J connectivity index is 2.00. The fourth-order valence-corrected chi connectivity index (χ4v) is 2.57. The van der Waals surface area contributed by atoms with Crippen LogP contribution in [0, 0.1) is 0 Å². The van der Waals surface area contributed by atoms with Gasteiger partial charge in [0.2, 0.25) is 0 Å². The van der Waals surface area contributed by atoms with Gasteiger partial charge < -0.3 is 9.47 Å². The summed E-state index contributed by atoms with van der Waals surface area (Å²) >= 11 is 0. The minimum atomic E-state index is -0.111. The molecule has 0 aliphatic carbocycles. The van der Waals surface area contributed by atoms with Crippen LogP contribution in [0.15, 0.2) is 30.3 Å². The second-order valence-corrected chi connectivity index (χ2v) is 5.00. The van der Waals surface area contributed by atoms with Crippen LogP contribution in [0.2, 0.25) is 0 Å². The SMILES string of the molecule is CCOC(=O)CC(Cc1ccccc1)N1CCOCC1. The maximum absolute atomic E-state index is 11.8. The lowest BCUT2D eigenvalue weighted by Crippen LogP contribution is -2.45. The number of hydrogen-bond acceptors (Lipinski definition) is 4. The number of morpholine rings is 1. The van der Waals surface area contributed by atoms with E-state index in [1.54, 1.807) is 0 Å². The number of ether oxygens (including phenoxy) is 2. The molecule has 0 radical (unpaired) electrons. The lowest BCUT2D eigenvalue weighted by Gasteiger charge is -2.34. The van der Waals surface area contributed by atoms with E-state index in [9.17, 15) is 4.79 Å². The fourth-order valence-electron chi connectivity index (χ4n) is 2.57. The third-order valence-corrected chi connectivity index (χ3v) is 3.58. The highest BCUT2D eigenvalue weighted by Crippen LogP contribution is 2.15. The van der Waals surface area contributed by atoms with Crippen LogP contribution in [0.5, 0.6) is 0 Å². The molecular weight excluding hydrogens is 254 g/mol. The van der Waals surface area contributed by atoms with Crippen molar-refractivity contribution < 1.29 is 14.3 Å². The van der Waals surface area contributed by atoms with Gasteiger partial charge in [-0.2, -0.15) is 0 Å². The molecule has 0 spiro atoms. The molecule has 1 saturated heterocycles.